The van der Waals surface area contributed by atoms with Gasteiger partial charge >= 0.3 is 0 Å². The number of carbonyl (C=O) groups is 1. The van der Waals surface area contributed by atoms with Crippen LogP contribution in [0.4, 0.5) is 0 Å². The van der Waals surface area contributed by atoms with Gasteiger partial charge in [0.25, 0.3) is 0 Å². The van der Waals surface area contributed by atoms with Gasteiger partial charge in [-0.25, -0.2) is 0 Å². The third-order valence-electron chi connectivity index (χ3n) is 4.64. The van der Waals surface area contributed by atoms with Crippen molar-refractivity contribution in [2.24, 2.45) is 7.05 Å². The van der Waals surface area contributed by atoms with Gasteiger partial charge in [0.1, 0.15) is 0 Å². The molecule has 1 aliphatic carbocycles. The molecule has 0 unspecified atom stereocenters. The summed E-state index contributed by atoms with van der Waals surface area (Å²) in [5.74, 6) is -0.000897. The van der Waals surface area contributed by atoms with E-state index in [1.807, 2.05) is 38.0 Å². The van der Waals surface area contributed by atoms with E-state index in [2.05, 4.69) is 15.5 Å². The highest BCUT2D eigenvalue weighted by molar-refractivity contribution is 5.76. The second-order valence-corrected chi connectivity index (χ2v) is 6.34. The predicted octanol–water partition coefficient (Wildman–Crippen LogP) is 0.657. The fourth-order valence-corrected chi connectivity index (χ4v) is 3.03. The Hall–Kier alpha value is -2.15. The topological polar surface area (TPSA) is 85.0 Å². The molecular weight excluding hydrogens is 294 g/mol. The third kappa shape index (κ3) is 3.14. The molecule has 0 spiro atoms. The largest absolute Gasteiger partial charge is 0.391 e. The van der Waals surface area contributed by atoms with Gasteiger partial charge in [0.05, 0.1) is 30.6 Å². The van der Waals surface area contributed by atoms with E-state index in [9.17, 15) is 9.90 Å². The minimum absolute atomic E-state index is 0.000897. The Balaban J connectivity index is 1.54. The van der Waals surface area contributed by atoms with Crippen LogP contribution < -0.4 is 5.32 Å². The molecule has 7 nitrogen and oxygen atoms in total. The molecule has 0 aliphatic heterocycles. The Morgan fingerprint density at radius 3 is 2.74 bits per heavy atom. The van der Waals surface area contributed by atoms with E-state index in [4.69, 9.17) is 0 Å². The molecular formula is C16H23N5O2. The molecule has 1 saturated carbocycles. The van der Waals surface area contributed by atoms with Crippen molar-refractivity contribution in [3.05, 3.63) is 35.4 Å². The maximum Gasteiger partial charge on any atom is 0.220 e. The van der Waals surface area contributed by atoms with E-state index in [1.165, 1.54) is 0 Å². The number of aromatic nitrogens is 4. The fraction of sp³-hybridized carbons (Fsp3) is 0.562. The number of nitrogens with one attached hydrogen (secondary N) is 1. The summed E-state index contributed by atoms with van der Waals surface area (Å²) in [4.78, 5) is 12.2. The Kier molecular flexibility index (Phi) is 4.21. The number of aliphatic hydroxyl groups is 1. The average Bonchev–Trinajstić information content (AvgIpc) is 3.04. The fourth-order valence-electron chi connectivity index (χ4n) is 3.03. The highest BCUT2D eigenvalue weighted by Gasteiger charge is 2.42. The molecule has 1 aliphatic rings. The number of nitrogens with zero attached hydrogens (tertiary/aromatic N) is 4. The van der Waals surface area contributed by atoms with Crippen molar-refractivity contribution in [1.82, 2.24) is 24.9 Å². The van der Waals surface area contributed by atoms with Crippen molar-refractivity contribution in [1.29, 1.82) is 0 Å². The van der Waals surface area contributed by atoms with Crippen LogP contribution in [0.2, 0.25) is 0 Å². The first-order chi connectivity index (χ1) is 11.0. The first-order valence-electron chi connectivity index (χ1n) is 7.91. The third-order valence-corrected chi connectivity index (χ3v) is 4.64. The molecule has 0 aromatic carbocycles. The van der Waals surface area contributed by atoms with Crippen LogP contribution in [0.25, 0.3) is 0 Å². The lowest BCUT2D eigenvalue weighted by Gasteiger charge is -2.41. The van der Waals surface area contributed by atoms with Crippen LogP contribution in [0.5, 0.6) is 0 Å². The van der Waals surface area contributed by atoms with Crippen LogP contribution in [0.1, 0.15) is 35.7 Å². The first kappa shape index (κ1) is 15.7. The van der Waals surface area contributed by atoms with E-state index < -0.39 is 6.10 Å². The number of hydrogen-bond donors (Lipinski definition) is 2. The number of rotatable bonds is 5. The van der Waals surface area contributed by atoms with Gasteiger partial charge < -0.3 is 10.4 Å². The van der Waals surface area contributed by atoms with Gasteiger partial charge in [0.2, 0.25) is 5.91 Å². The van der Waals surface area contributed by atoms with Crippen molar-refractivity contribution >= 4 is 5.91 Å². The zero-order chi connectivity index (χ0) is 16.6. The molecule has 2 heterocycles. The molecule has 1 fully saturated rings. The summed E-state index contributed by atoms with van der Waals surface area (Å²) in [6.45, 7) is 3.96. The summed E-state index contributed by atoms with van der Waals surface area (Å²) in [5.41, 5.74) is 3.22. The quantitative estimate of drug-likeness (QED) is 0.848. The van der Waals surface area contributed by atoms with Gasteiger partial charge in [0.15, 0.2) is 0 Å². The number of amides is 1. The van der Waals surface area contributed by atoms with E-state index in [-0.39, 0.29) is 18.0 Å². The zero-order valence-corrected chi connectivity index (χ0v) is 13.7. The smallest absolute Gasteiger partial charge is 0.220 e. The molecule has 0 radical (unpaired) electrons. The molecule has 0 bridgehead atoms. The van der Waals surface area contributed by atoms with Gasteiger partial charge in [-0.3, -0.25) is 14.2 Å². The first-order valence-corrected chi connectivity index (χ1v) is 7.91. The monoisotopic (exact) mass is 317 g/mol. The summed E-state index contributed by atoms with van der Waals surface area (Å²) in [7, 11) is 1.89. The van der Waals surface area contributed by atoms with E-state index >= 15 is 0 Å². The summed E-state index contributed by atoms with van der Waals surface area (Å²) < 4.78 is 3.56. The number of aryl methyl sites for hydroxylation is 3. The highest BCUT2D eigenvalue weighted by atomic mass is 16.3. The van der Waals surface area contributed by atoms with Crippen LogP contribution in [0, 0.1) is 13.8 Å². The van der Waals surface area contributed by atoms with Crippen molar-refractivity contribution in [2.45, 2.75) is 51.3 Å². The number of aliphatic hydroxyl groups excluding tert-OH is 1. The zero-order valence-electron chi connectivity index (χ0n) is 13.7. The molecule has 2 aromatic rings. The Morgan fingerprint density at radius 1 is 1.39 bits per heavy atom. The van der Waals surface area contributed by atoms with Crippen LogP contribution in [-0.4, -0.2) is 42.7 Å². The summed E-state index contributed by atoms with van der Waals surface area (Å²) in [6.07, 6.45) is 6.67. The van der Waals surface area contributed by atoms with E-state index in [1.54, 1.807) is 10.9 Å². The van der Waals surface area contributed by atoms with Gasteiger partial charge in [-0.1, -0.05) is 0 Å². The molecule has 3 atom stereocenters. The van der Waals surface area contributed by atoms with Crippen LogP contribution in [-0.2, 0) is 18.3 Å². The SMILES string of the molecule is Cc1cnn([C@H]2[C@H](O)C[C@@H]2NC(=O)CCc2cnn(C)c2C)c1. The van der Waals surface area contributed by atoms with Crippen LogP contribution >= 0.6 is 0 Å². The van der Waals surface area contributed by atoms with E-state index in [0.717, 1.165) is 16.8 Å². The predicted molar refractivity (Wildman–Crippen MR) is 84.8 cm³/mol. The minimum atomic E-state index is -0.458. The van der Waals surface area contributed by atoms with Crippen molar-refractivity contribution < 1.29 is 9.90 Å². The van der Waals surface area contributed by atoms with Crippen molar-refractivity contribution in [2.75, 3.05) is 0 Å². The number of carbonyl (C=O) groups excluding carboxylic acids is 1. The summed E-state index contributed by atoms with van der Waals surface area (Å²) >= 11 is 0. The minimum Gasteiger partial charge on any atom is -0.391 e. The summed E-state index contributed by atoms with van der Waals surface area (Å²) in [6, 6.07) is -0.237. The maximum atomic E-state index is 12.2. The molecule has 3 rings (SSSR count). The van der Waals surface area contributed by atoms with Gasteiger partial charge in [-0.15, -0.1) is 0 Å². The Morgan fingerprint density at radius 2 is 2.17 bits per heavy atom. The van der Waals surface area contributed by atoms with Crippen LogP contribution in [0.15, 0.2) is 18.6 Å². The second-order valence-electron chi connectivity index (χ2n) is 6.34. The molecule has 23 heavy (non-hydrogen) atoms. The normalized spacial score (nSPS) is 23.6. The van der Waals surface area contributed by atoms with Crippen LogP contribution in [0.3, 0.4) is 0 Å². The van der Waals surface area contributed by atoms with Gasteiger partial charge in [-0.2, -0.15) is 10.2 Å². The lowest BCUT2D eigenvalue weighted by Crippen LogP contribution is -2.56. The lowest BCUT2D eigenvalue weighted by atomic mass is 9.83. The highest BCUT2D eigenvalue weighted by Crippen LogP contribution is 2.32. The van der Waals surface area contributed by atoms with E-state index in [0.29, 0.717) is 19.3 Å². The molecule has 1 amide bonds. The standard InChI is InChI=1S/C16H23N5O2/c1-10-7-18-21(9-10)16-13(6-14(16)22)19-15(23)5-4-12-8-17-20(3)11(12)2/h7-9,13-14,16,22H,4-6H2,1-3H3,(H,19,23)/t13-,14+,16+/m0/s1. The molecule has 0 saturated heterocycles. The molecule has 2 N–H and O–H groups in total. The average molecular weight is 317 g/mol. The second kappa shape index (κ2) is 6.16. The number of hydrogen-bond acceptors (Lipinski definition) is 4. The maximum absolute atomic E-state index is 12.2. The Bertz CT molecular complexity index is 705. The van der Waals surface area contributed by atoms with Gasteiger partial charge in [0, 0.05) is 25.4 Å². The van der Waals surface area contributed by atoms with Crippen molar-refractivity contribution in [3.63, 3.8) is 0 Å². The molecule has 2 aromatic heterocycles. The Labute approximate surface area is 135 Å². The molecule has 7 heteroatoms. The molecule has 124 valence electrons. The lowest BCUT2D eigenvalue weighted by molar-refractivity contribution is -0.124. The summed E-state index contributed by atoms with van der Waals surface area (Å²) in [5, 5.41) is 21.4. The van der Waals surface area contributed by atoms with Gasteiger partial charge in [-0.05, 0) is 37.8 Å². The van der Waals surface area contributed by atoms with Crippen molar-refractivity contribution in [3.8, 4) is 0 Å².